The molecule has 0 aromatic carbocycles. The molecule has 0 fully saturated rings. The quantitative estimate of drug-likeness (QED) is 0.435. The van der Waals surface area contributed by atoms with E-state index in [9.17, 15) is 8.63 Å². The first-order valence-electron chi connectivity index (χ1n) is 2.42. The Morgan fingerprint density at radius 1 is 1.44 bits per heavy atom. The largest absolute Gasteiger partial charge is 0.692 e. The zero-order valence-corrected chi connectivity index (χ0v) is 5.28. The summed E-state index contributed by atoms with van der Waals surface area (Å²) in [5.74, 6) is 0. The van der Waals surface area contributed by atoms with Gasteiger partial charge in [-0.05, 0) is 13.8 Å². The zero-order valence-electron chi connectivity index (χ0n) is 5.28. The van der Waals surface area contributed by atoms with Crippen molar-refractivity contribution in [3.8, 4) is 0 Å². The van der Waals surface area contributed by atoms with Gasteiger partial charge in [0.25, 0.3) is 0 Å². The first kappa shape index (κ1) is 8.26. The Morgan fingerprint density at radius 3 is 2.00 bits per heavy atom. The van der Waals surface area contributed by atoms with E-state index in [-0.39, 0.29) is 11.4 Å². The van der Waals surface area contributed by atoms with Crippen LogP contribution in [-0.2, 0) is 0 Å². The van der Waals surface area contributed by atoms with Gasteiger partial charge in [0.2, 0.25) is 0 Å². The molecule has 0 aromatic rings. The summed E-state index contributed by atoms with van der Waals surface area (Å²) < 4.78 is 22.7. The molecule has 0 aromatic heterocycles. The maximum Gasteiger partial charge on any atom is 0.692 e. The van der Waals surface area contributed by atoms with Crippen molar-refractivity contribution in [2.24, 2.45) is 4.90 Å². The zero-order chi connectivity index (χ0) is 7.44. The number of nitrogens with one attached hydrogen (secondary N) is 1. The number of halogens is 2. The number of hydrogen-bond donors (Lipinski definition) is 1. The predicted molar refractivity (Wildman–Crippen MR) is 34.5 cm³/mol. The van der Waals surface area contributed by atoms with E-state index in [1.165, 1.54) is 13.8 Å². The van der Waals surface area contributed by atoms with Crippen LogP contribution in [-0.4, -0.2) is 18.8 Å². The van der Waals surface area contributed by atoms with Gasteiger partial charge in [-0.2, -0.15) is 0 Å². The Bertz CT molecular complexity index is 144. The van der Waals surface area contributed by atoms with Crippen molar-refractivity contribution in [3.05, 3.63) is 0 Å². The summed E-state index contributed by atoms with van der Waals surface area (Å²) in [6, 6.07) is 0. The highest BCUT2D eigenvalue weighted by molar-refractivity contribution is 6.50. The Balaban J connectivity index is 4.00. The van der Waals surface area contributed by atoms with Crippen molar-refractivity contribution < 1.29 is 8.63 Å². The third kappa shape index (κ3) is 3.82. The maximum atomic E-state index is 11.4. The summed E-state index contributed by atoms with van der Waals surface area (Å²) in [6.07, 6.45) is 0. The fourth-order valence-corrected chi connectivity index (χ4v) is 0.243. The number of rotatable bonds is 2. The lowest BCUT2D eigenvalue weighted by molar-refractivity contribution is 0.663. The van der Waals surface area contributed by atoms with Crippen LogP contribution in [0.3, 0.4) is 0 Å². The van der Waals surface area contributed by atoms with Gasteiger partial charge in [-0.3, -0.25) is 13.5 Å². The maximum absolute atomic E-state index is 11.4. The minimum atomic E-state index is -2.69. The molecule has 50 valence electrons. The molecular formula is C4H7BF2N2. The van der Waals surface area contributed by atoms with Gasteiger partial charge >= 0.3 is 7.40 Å². The van der Waals surface area contributed by atoms with Gasteiger partial charge in [-0.25, -0.2) is 0 Å². The monoisotopic (exact) mass is 132 g/mol. The molecule has 1 N–H and O–H groups in total. The second-order valence-corrected chi connectivity index (χ2v) is 1.62. The van der Waals surface area contributed by atoms with Gasteiger partial charge in [-0.15, -0.1) is 0 Å². The standard InChI is InChI=1S/C4H7BF2N2/c1-3(8)4(2)9-5(6)7/h8H,1-2H3/b8-3?,9-4+. The molecular weight excluding hydrogens is 125 g/mol. The number of hydrogen-bond acceptors (Lipinski definition) is 2. The Hall–Kier alpha value is -0.735. The summed E-state index contributed by atoms with van der Waals surface area (Å²) in [5, 5.41) is 6.83. The van der Waals surface area contributed by atoms with Crippen molar-refractivity contribution >= 4 is 18.8 Å². The molecule has 0 saturated heterocycles. The average Bonchev–Trinajstić information content (AvgIpc) is 1.63. The smallest absolute Gasteiger partial charge is 0.304 e. The van der Waals surface area contributed by atoms with E-state index in [1.54, 1.807) is 0 Å². The van der Waals surface area contributed by atoms with Crippen LogP contribution < -0.4 is 0 Å². The van der Waals surface area contributed by atoms with Crippen LogP contribution in [0.2, 0.25) is 0 Å². The van der Waals surface area contributed by atoms with Crippen LogP contribution in [0.5, 0.6) is 0 Å². The summed E-state index contributed by atoms with van der Waals surface area (Å²) >= 11 is 0. The molecule has 0 spiro atoms. The SMILES string of the molecule is CC(=N)/C(C)=N/B(F)F. The molecule has 0 saturated carbocycles. The van der Waals surface area contributed by atoms with Gasteiger partial charge in [0, 0.05) is 11.4 Å². The first-order valence-corrected chi connectivity index (χ1v) is 2.42. The molecule has 0 aliphatic carbocycles. The van der Waals surface area contributed by atoms with E-state index in [0.29, 0.717) is 0 Å². The molecule has 0 radical (unpaired) electrons. The summed E-state index contributed by atoms with van der Waals surface area (Å²) in [5.41, 5.74) is 0.167. The van der Waals surface area contributed by atoms with Crippen molar-refractivity contribution in [2.45, 2.75) is 13.8 Å². The Morgan fingerprint density at radius 2 is 1.89 bits per heavy atom. The minimum Gasteiger partial charge on any atom is -0.304 e. The third-order valence-corrected chi connectivity index (χ3v) is 0.834. The normalized spacial score (nSPS) is 11.3. The fourth-order valence-electron chi connectivity index (χ4n) is 0.243. The molecule has 2 nitrogen and oxygen atoms in total. The lowest BCUT2D eigenvalue weighted by Gasteiger charge is -1.91. The number of nitrogens with zero attached hydrogens (tertiary/aromatic N) is 1. The first-order chi connectivity index (χ1) is 4.04. The molecule has 0 aliphatic rings. The van der Waals surface area contributed by atoms with Gasteiger partial charge in [0.05, 0.1) is 0 Å². The second kappa shape index (κ2) is 3.32. The lowest BCUT2D eigenvalue weighted by atomic mass is 10.2. The molecule has 5 heteroatoms. The molecule has 9 heavy (non-hydrogen) atoms. The van der Waals surface area contributed by atoms with Crippen LogP contribution in [0.4, 0.5) is 8.63 Å². The van der Waals surface area contributed by atoms with E-state index in [1.807, 2.05) is 0 Å². The Labute approximate surface area is 52.7 Å². The highest BCUT2D eigenvalue weighted by atomic mass is 19.2. The molecule has 0 aliphatic heterocycles. The van der Waals surface area contributed by atoms with E-state index < -0.39 is 7.40 Å². The third-order valence-electron chi connectivity index (χ3n) is 0.834. The average molecular weight is 132 g/mol. The van der Waals surface area contributed by atoms with Crippen LogP contribution >= 0.6 is 0 Å². The van der Waals surface area contributed by atoms with Crippen molar-refractivity contribution in [3.63, 3.8) is 0 Å². The molecule has 0 unspecified atom stereocenters. The summed E-state index contributed by atoms with van der Waals surface area (Å²) in [7, 11) is -2.69. The van der Waals surface area contributed by atoms with Crippen LogP contribution in [0.1, 0.15) is 13.8 Å². The molecule has 0 heterocycles. The van der Waals surface area contributed by atoms with Crippen molar-refractivity contribution in [1.82, 2.24) is 0 Å². The topological polar surface area (TPSA) is 36.2 Å². The fraction of sp³-hybridized carbons (Fsp3) is 0.500. The lowest BCUT2D eigenvalue weighted by Crippen LogP contribution is -2.07. The Kier molecular flexibility index (Phi) is 3.05. The van der Waals surface area contributed by atoms with Gasteiger partial charge in [-0.1, -0.05) is 0 Å². The van der Waals surface area contributed by atoms with Gasteiger partial charge in [0.1, 0.15) is 0 Å². The van der Waals surface area contributed by atoms with E-state index in [2.05, 4.69) is 4.90 Å². The highest BCUT2D eigenvalue weighted by Crippen LogP contribution is 1.89. The van der Waals surface area contributed by atoms with E-state index >= 15 is 0 Å². The molecule has 0 rings (SSSR count). The predicted octanol–water partition coefficient (Wildman–Crippen LogP) is 1.41. The minimum absolute atomic E-state index is 0.0790. The summed E-state index contributed by atoms with van der Waals surface area (Å²) in [6.45, 7) is 2.80. The van der Waals surface area contributed by atoms with Gasteiger partial charge < -0.3 is 5.41 Å². The van der Waals surface area contributed by atoms with E-state index in [0.717, 1.165) is 0 Å². The van der Waals surface area contributed by atoms with Gasteiger partial charge in [0.15, 0.2) is 0 Å². The van der Waals surface area contributed by atoms with Crippen LogP contribution in [0.15, 0.2) is 4.90 Å². The molecule has 0 amide bonds. The summed E-state index contributed by atoms with van der Waals surface area (Å²) in [4.78, 5) is 2.84. The van der Waals surface area contributed by atoms with E-state index in [4.69, 9.17) is 5.41 Å². The van der Waals surface area contributed by atoms with Crippen LogP contribution in [0, 0.1) is 5.41 Å². The van der Waals surface area contributed by atoms with Crippen molar-refractivity contribution in [1.29, 1.82) is 5.41 Å². The molecule has 0 atom stereocenters. The van der Waals surface area contributed by atoms with Crippen LogP contribution in [0.25, 0.3) is 0 Å². The highest BCUT2D eigenvalue weighted by Gasteiger charge is 2.10. The van der Waals surface area contributed by atoms with Crippen molar-refractivity contribution in [2.75, 3.05) is 0 Å². The second-order valence-electron chi connectivity index (χ2n) is 1.62. The molecule has 0 bridgehead atoms.